The standard InChI is InChI=1S/C11H14N6OS/c12-7-5-10(18)14-11(13-7)19-6-9-16-15-8-3-1-2-4-17(8)9/h5H,1-4,6H2,(H3,12,13,14,18). The van der Waals surface area contributed by atoms with E-state index in [2.05, 4.69) is 24.7 Å². The third-order valence-corrected chi connectivity index (χ3v) is 3.88. The Bertz CT molecular complexity index is 649. The first-order chi connectivity index (χ1) is 9.22. The SMILES string of the molecule is Nc1cc(=O)[nH]c(SCc2nnc3n2CCCC3)n1. The molecule has 3 heterocycles. The van der Waals surface area contributed by atoms with Crippen molar-refractivity contribution in [2.45, 2.75) is 36.7 Å². The van der Waals surface area contributed by atoms with E-state index in [1.807, 2.05) is 0 Å². The van der Waals surface area contributed by atoms with Crippen LogP contribution in [0.25, 0.3) is 0 Å². The number of hydrogen-bond donors (Lipinski definition) is 2. The summed E-state index contributed by atoms with van der Waals surface area (Å²) in [5.74, 6) is 2.83. The second kappa shape index (κ2) is 5.04. The molecule has 19 heavy (non-hydrogen) atoms. The number of nitrogens with two attached hydrogens (primary N) is 1. The van der Waals surface area contributed by atoms with E-state index < -0.39 is 0 Å². The number of aromatic nitrogens is 5. The maximum Gasteiger partial charge on any atom is 0.253 e. The maximum atomic E-state index is 11.3. The van der Waals surface area contributed by atoms with E-state index in [1.165, 1.54) is 24.2 Å². The predicted octanol–water partition coefficient (Wildman–Crippen LogP) is 0.572. The molecular formula is C11H14N6OS. The molecule has 0 saturated carbocycles. The van der Waals surface area contributed by atoms with Crippen LogP contribution in [0.5, 0.6) is 0 Å². The Kier molecular flexibility index (Phi) is 3.24. The second-order valence-corrected chi connectivity index (χ2v) is 5.37. The fraction of sp³-hybridized carbons (Fsp3) is 0.455. The van der Waals surface area contributed by atoms with Crippen LogP contribution >= 0.6 is 11.8 Å². The highest BCUT2D eigenvalue weighted by Crippen LogP contribution is 2.21. The van der Waals surface area contributed by atoms with Gasteiger partial charge < -0.3 is 15.3 Å². The Morgan fingerprint density at radius 3 is 3.16 bits per heavy atom. The number of hydrogen-bond acceptors (Lipinski definition) is 6. The third kappa shape index (κ3) is 2.62. The van der Waals surface area contributed by atoms with E-state index in [0.717, 1.165) is 31.0 Å². The van der Waals surface area contributed by atoms with Crippen LogP contribution in [0.2, 0.25) is 0 Å². The van der Waals surface area contributed by atoms with Crippen LogP contribution in [0.4, 0.5) is 5.82 Å². The van der Waals surface area contributed by atoms with Crippen molar-refractivity contribution >= 4 is 17.6 Å². The first-order valence-corrected chi connectivity index (χ1v) is 7.11. The first-order valence-electron chi connectivity index (χ1n) is 6.13. The lowest BCUT2D eigenvalue weighted by Gasteiger charge is -2.14. The first kappa shape index (κ1) is 12.2. The van der Waals surface area contributed by atoms with Crippen molar-refractivity contribution in [2.24, 2.45) is 0 Å². The molecule has 0 radical (unpaired) electrons. The molecule has 0 aromatic carbocycles. The summed E-state index contributed by atoms with van der Waals surface area (Å²) in [5.41, 5.74) is 5.30. The number of nitrogens with one attached hydrogen (secondary N) is 1. The summed E-state index contributed by atoms with van der Waals surface area (Å²) in [7, 11) is 0. The van der Waals surface area contributed by atoms with Gasteiger partial charge in [-0.3, -0.25) is 4.79 Å². The summed E-state index contributed by atoms with van der Waals surface area (Å²) in [6, 6.07) is 1.27. The fourth-order valence-corrected chi connectivity index (χ4v) is 2.95. The maximum absolute atomic E-state index is 11.3. The van der Waals surface area contributed by atoms with E-state index in [0.29, 0.717) is 10.9 Å². The van der Waals surface area contributed by atoms with Gasteiger partial charge in [0.05, 0.1) is 5.75 Å². The smallest absolute Gasteiger partial charge is 0.253 e. The van der Waals surface area contributed by atoms with Crippen molar-refractivity contribution in [3.05, 3.63) is 28.1 Å². The number of thioether (sulfide) groups is 1. The van der Waals surface area contributed by atoms with Gasteiger partial charge in [0.25, 0.3) is 5.56 Å². The quantitative estimate of drug-likeness (QED) is 0.628. The number of fused-ring (bicyclic) bond motifs is 1. The zero-order valence-corrected chi connectivity index (χ0v) is 11.1. The number of H-pyrrole nitrogens is 1. The molecule has 0 saturated heterocycles. The molecule has 3 rings (SSSR count). The molecule has 3 N–H and O–H groups in total. The van der Waals surface area contributed by atoms with Crippen LogP contribution in [-0.2, 0) is 18.7 Å². The van der Waals surface area contributed by atoms with Gasteiger partial charge in [-0.1, -0.05) is 11.8 Å². The van der Waals surface area contributed by atoms with Gasteiger partial charge in [-0.25, -0.2) is 4.98 Å². The molecule has 2 aromatic rings. The van der Waals surface area contributed by atoms with Crippen molar-refractivity contribution in [2.75, 3.05) is 5.73 Å². The van der Waals surface area contributed by atoms with Crippen LogP contribution < -0.4 is 11.3 Å². The Hall–Kier alpha value is -1.83. The normalized spacial score (nSPS) is 14.3. The molecule has 2 aromatic heterocycles. The summed E-state index contributed by atoms with van der Waals surface area (Å²) in [4.78, 5) is 18.0. The van der Waals surface area contributed by atoms with Gasteiger partial charge in [-0.2, -0.15) is 0 Å². The molecule has 0 bridgehead atoms. The van der Waals surface area contributed by atoms with Crippen LogP contribution in [0, 0.1) is 0 Å². The Morgan fingerprint density at radius 2 is 2.32 bits per heavy atom. The Labute approximate surface area is 113 Å². The van der Waals surface area contributed by atoms with Crippen LogP contribution in [0.15, 0.2) is 16.0 Å². The lowest BCUT2D eigenvalue weighted by atomic mass is 10.2. The number of nitrogens with zero attached hydrogens (tertiary/aromatic N) is 4. The molecule has 0 amide bonds. The highest BCUT2D eigenvalue weighted by Gasteiger charge is 2.15. The minimum Gasteiger partial charge on any atom is -0.383 e. The van der Waals surface area contributed by atoms with Gasteiger partial charge in [-0.15, -0.1) is 10.2 Å². The van der Waals surface area contributed by atoms with E-state index >= 15 is 0 Å². The summed E-state index contributed by atoms with van der Waals surface area (Å²) in [6.07, 6.45) is 3.33. The summed E-state index contributed by atoms with van der Waals surface area (Å²) >= 11 is 1.41. The van der Waals surface area contributed by atoms with Crippen molar-refractivity contribution in [3.63, 3.8) is 0 Å². The zero-order valence-electron chi connectivity index (χ0n) is 10.3. The van der Waals surface area contributed by atoms with Crippen molar-refractivity contribution in [1.82, 2.24) is 24.7 Å². The minimum atomic E-state index is -0.238. The average Bonchev–Trinajstić information content (AvgIpc) is 2.78. The lowest BCUT2D eigenvalue weighted by Crippen LogP contribution is -2.13. The van der Waals surface area contributed by atoms with E-state index in [-0.39, 0.29) is 11.4 Å². The summed E-state index contributed by atoms with van der Waals surface area (Å²) < 4.78 is 2.15. The molecule has 8 heteroatoms. The van der Waals surface area contributed by atoms with Gasteiger partial charge in [0.2, 0.25) is 0 Å². The van der Waals surface area contributed by atoms with Gasteiger partial charge in [0.15, 0.2) is 5.16 Å². The van der Waals surface area contributed by atoms with Crippen molar-refractivity contribution in [1.29, 1.82) is 0 Å². The lowest BCUT2D eigenvalue weighted by molar-refractivity contribution is 0.513. The Morgan fingerprint density at radius 1 is 1.42 bits per heavy atom. The molecule has 0 unspecified atom stereocenters. The molecule has 0 spiro atoms. The molecule has 0 aliphatic carbocycles. The van der Waals surface area contributed by atoms with E-state index in [4.69, 9.17) is 5.73 Å². The van der Waals surface area contributed by atoms with Gasteiger partial charge in [-0.05, 0) is 12.8 Å². The van der Waals surface area contributed by atoms with Crippen LogP contribution in [-0.4, -0.2) is 24.7 Å². The summed E-state index contributed by atoms with van der Waals surface area (Å²) in [5, 5.41) is 8.90. The largest absolute Gasteiger partial charge is 0.383 e. The molecular weight excluding hydrogens is 264 g/mol. The predicted molar refractivity (Wildman–Crippen MR) is 71.8 cm³/mol. The Balaban J connectivity index is 1.75. The molecule has 0 atom stereocenters. The number of rotatable bonds is 3. The number of nitrogen functional groups attached to an aromatic ring is 1. The summed E-state index contributed by atoms with van der Waals surface area (Å²) in [6.45, 7) is 0.971. The molecule has 7 nitrogen and oxygen atoms in total. The molecule has 1 aliphatic heterocycles. The van der Waals surface area contributed by atoms with Crippen LogP contribution in [0.3, 0.4) is 0 Å². The van der Waals surface area contributed by atoms with E-state index in [1.54, 1.807) is 0 Å². The average molecular weight is 278 g/mol. The molecule has 1 aliphatic rings. The van der Waals surface area contributed by atoms with Crippen LogP contribution in [0.1, 0.15) is 24.5 Å². The van der Waals surface area contributed by atoms with Crippen molar-refractivity contribution < 1.29 is 0 Å². The van der Waals surface area contributed by atoms with Gasteiger partial charge in [0.1, 0.15) is 17.5 Å². The third-order valence-electron chi connectivity index (χ3n) is 3.01. The van der Waals surface area contributed by atoms with E-state index in [9.17, 15) is 4.79 Å². The number of aryl methyl sites for hydroxylation is 1. The van der Waals surface area contributed by atoms with Crippen molar-refractivity contribution in [3.8, 4) is 0 Å². The highest BCUT2D eigenvalue weighted by molar-refractivity contribution is 7.98. The van der Waals surface area contributed by atoms with Gasteiger partial charge >= 0.3 is 0 Å². The second-order valence-electron chi connectivity index (χ2n) is 4.41. The number of aromatic amines is 1. The highest BCUT2D eigenvalue weighted by atomic mass is 32.2. The minimum absolute atomic E-state index is 0.231. The van der Waals surface area contributed by atoms with Gasteiger partial charge in [0, 0.05) is 19.0 Å². The number of anilines is 1. The fourth-order valence-electron chi connectivity index (χ4n) is 2.13. The molecule has 100 valence electrons. The zero-order chi connectivity index (χ0) is 13.2. The molecule has 0 fully saturated rings. The monoisotopic (exact) mass is 278 g/mol. The topological polar surface area (TPSA) is 102 Å².